The average molecular weight is 316 g/mol. The minimum Gasteiger partial charge on any atom is -0.481 e. The number of likely N-dealkylation sites (N-methyl/N-ethyl adjacent to an activating group) is 1. The topological polar surface area (TPSA) is 54.7 Å². The lowest BCUT2D eigenvalue weighted by molar-refractivity contribution is -0.127. The molecule has 1 aromatic carbocycles. The third kappa shape index (κ3) is 4.86. The van der Waals surface area contributed by atoms with Crippen molar-refractivity contribution in [2.75, 3.05) is 20.6 Å². The van der Waals surface area contributed by atoms with Crippen molar-refractivity contribution >= 4 is 5.91 Å². The van der Waals surface area contributed by atoms with E-state index in [4.69, 9.17) is 9.15 Å². The molecule has 0 fully saturated rings. The van der Waals surface area contributed by atoms with Crippen LogP contribution in [-0.2, 0) is 4.79 Å². The SMILES string of the molecule is Cc1cccc(OC(C)C(=O)NCC(c2ccco2)N(C)C)c1. The van der Waals surface area contributed by atoms with Gasteiger partial charge in [0.15, 0.2) is 6.10 Å². The molecule has 1 amide bonds. The number of amides is 1. The Bertz CT molecular complexity index is 623. The maximum absolute atomic E-state index is 12.2. The third-order valence-electron chi connectivity index (χ3n) is 3.64. The highest BCUT2D eigenvalue weighted by Gasteiger charge is 2.20. The number of rotatable bonds is 7. The van der Waals surface area contributed by atoms with E-state index in [1.807, 2.05) is 62.3 Å². The molecule has 2 rings (SSSR count). The Morgan fingerprint density at radius 1 is 1.30 bits per heavy atom. The summed E-state index contributed by atoms with van der Waals surface area (Å²) in [5.41, 5.74) is 1.10. The summed E-state index contributed by atoms with van der Waals surface area (Å²) < 4.78 is 11.1. The zero-order chi connectivity index (χ0) is 16.8. The highest BCUT2D eigenvalue weighted by Crippen LogP contribution is 2.18. The highest BCUT2D eigenvalue weighted by atomic mass is 16.5. The average Bonchev–Trinajstić information content (AvgIpc) is 3.01. The second-order valence-corrected chi connectivity index (χ2v) is 5.82. The maximum Gasteiger partial charge on any atom is 0.260 e. The number of hydrogen-bond donors (Lipinski definition) is 1. The molecule has 2 aromatic rings. The number of benzene rings is 1. The fourth-order valence-corrected chi connectivity index (χ4v) is 2.31. The van der Waals surface area contributed by atoms with E-state index in [1.54, 1.807) is 13.2 Å². The van der Waals surface area contributed by atoms with Gasteiger partial charge in [0, 0.05) is 6.54 Å². The molecule has 0 aliphatic rings. The third-order valence-corrected chi connectivity index (χ3v) is 3.64. The van der Waals surface area contributed by atoms with Gasteiger partial charge in [-0.2, -0.15) is 0 Å². The number of carbonyl (C=O) groups is 1. The van der Waals surface area contributed by atoms with Crippen molar-refractivity contribution in [3.63, 3.8) is 0 Å². The van der Waals surface area contributed by atoms with E-state index in [-0.39, 0.29) is 11.9 Å². The summed E-state index contributed by atoms with van der Waals surface area (Å²) in [6.07, 6.45) is 1.08. The Kier molecular flexibility index (Phi) is 5.82. The zero-order valence-corrected chi connectivity index (χ0v) is 14.1. The molecule has 1 heterocycles. The number of hydrogen-bond acceptors (Lipinski definition) is 4. The number of carbonyl (C=O) groups excluding carboxylic acids is 1. The van der Waals surface area contributed by atoms with Gasteiger partial charge >= 0.3 is 0 Å². The number of aryl methyl sites for hydroxylation is 1. The van der Waals surface area contributed by atoms with Crippen LogP contribution in [0, 0.1) is 6.92 Å². The molecule has 0 spiro atoms. The van der Waals surface area contributed by atoms with E-state index in [0.717, 1.165) is 11.3 Å². The minimum absolute atomic E-state index is 0.0138. The first kappa shape index (κ1) is 17.1. The first-order valence-corrected chi connectivity index (χ1v) is 7.68. The lowest BCUT2D eigenvalue weighted by atomic mass is 10.2. The van der Waals surface area contributed by atoms with Crippen LogP contribution in [0.25, 0.3) is 0 Å². The predicted octanol–water partition coefficient (Wildman–Crippen LogP) is 2.77. The van der Waals surface area contributed by atoms with E-state index >= 15 is 0 Å². The molecular formula is C18H24N2O3. The van der Waals surface area contributed by atoms with Crippen LogP contribution in [0.2, 0.25) is 0 Å². The van der Waals surface area contributed by atoms with Gasteiger partial charge in [-0.05, 0) is 57.8 Å². The normalized spacial score (nSPS) is 13.6. The van der Waals surface area contributed by atoms with Crippen LogP contribution in [0.5, 0.6) is 5.75 Å². The molecule has 5 heteroatoms. The summed E-state index contributed by atoms with van der Waals surface area (Å²) in [5, 5.41) is 2.92. The van der Waals surface area contributed by atoms with Crippen LogP contribution in [0.3, 0.4) is 0 Å². The predicted molar refractivity (Wildman–Crippen MR) is 89.4 cm³/mol. The van der Waals surface area contributed by atoms with Gasteiger partial charge in [0.2, 0.25) is 0 Å². The van der Waals surface area contributed by atoms with Crippen LogP contribution >= 0.6 is 0 Å². The number of nitrogens with zero attached hydrogens (tertiary/aromatic N) is 1. The summed E-state index contributed by atoms with van der Waals surface area (Å²) in [6, 6.07) is 11.4. The van der Waals surface area contributed by atoms with Gasteiger partial charge in [-0.3, -0.25) is 9.69 Å². The molecule has 0 aliphatic carbocycles. The molecule has 23 heavy (non-hydrogen) atoms. The largest absolute Gasteiger partial charge is 0.481 e. The summed E-state index contributed by atoms with van der Waals surface area (Å²) in [7, 11) is 3.90. The van der Waals surface area contributed by atoms with Crippen molar-refractivity contribution in [1.29, 1.82) is 0 Å². The van der Waals surface area contributed by atoms with Crippen LogP contribution in [0.4, 0.5) is 0 Å². The molecule has 1 N–H and O–H groups in total. The van der Waals surface area contributed by atoms with E-state index in [9.17, 15) is 4.79 Å². The van der Waals surface area contributed by atoms with Gasteiger partial charge < -0.3 is 14.5 Å². The molecule has 2 unspecified atom stereocenters. The van der Waals surface area contributed by atoms with Gasteiger partial charge in [0.25, 0.3) is 5.91 Å². The Labute approximate surface area is 137 Å². The molecule has 1 aromatic heterocycles. The first-order chi connectivity index (χ1) is 11.0. The molecule has 0 saturated carbocycles. The Morgan fingerprint density at radius 3 is 2.70 bits per heavy atom. The van der Waals surface area contributed by atoms with Gasteiger partial charge in [-0.25, -0.2) is 0 Å². The number of nitrogens with one attached hydrogen (secondary N) is 1. The van der Waals surface area contributed by atoms with E-state index in [1.165, 1.54) is 0 Å². The Balaban J connectivity index is 1.90. The molecule has 0 radical (unpaired) electrons. The van der Waals surface area contributed by atoms with Crippen LogP contribution < -0.4 is 10.1 Å². The molecule has 5 nitrogen and oxygen atoms in total. The van der Waals surface area contributed by atoms with Crippen LogP contribution in [0.1, 0.15) is 24.3 Å². The van der Waals surface area contributed by atoms with Crippen molar-refractivity contribution < 1.29 is 13.9 Å². The van der Waals surface area contributed by atoms with Gasteiger partial charge in [0.05, 0.1) is 12.3 Å². The molecule has 0 aliphatic heterocycles. The van der Waals surface area contributed by atoms with Gasteiger partial charge in [0.1, 0.15) is 11.5 Å². The van der Waals surface area contributed by atoms with Crippen LogP contribution in [-0.4, -0.2) is 37.6 Å². The Hall–Kier alpha value is -2.27. The fraction of sp³-hybridized carbons (Fsp3) is 0.389. The van der Waals surface area contributed by atoms with Crippen LogP contribution in [0.15, 0.2) is 47.1 Å². The number of ether oxygens (including phenoxy) is 1. The van der Waals surface area contributed by atoms with E-state index in [0.29, 0.717) is 12.3 Å². The Morgan fingerprint density at radius 2 is 2.09 bits per heavy atom. The number of furan rings is 1. The molecular weight excluding hydrogens is 292 g/mol. The first-order valence-electron chi connectivity index (χ1n) is 7.68. The lowest BCUT2D eigenvalue weighted by Gasteiger charge is -2.23. The molecule has 0 saturated heterocycles. The second-order valence-electron chi connectivity index (χ2n) is 5.82. The van der Waals surface area contributed by atoms with E-state index < -0.39 is 6.10 Å². The highest BCUT2D eigenvalue weighted by molar-refractivity contribution is 5.80. The quantitative estimate of drug-likeness (QED) is 0.853. The van der Waals surface area contributed by atoms with E-state index in [2.05, 4.69) is 5.32 Å². The molecule has 2 atom stereocenters. The summed E-state index contributed by atoms with van der Waals surface area (Å²) >= 11 is 0. The maximum atomic E-state index is 12.2. The minimum atomic E-state index is -0.559. The fourth-order valence-electron chi connectivity index (χ4n) is 2.31. The zero-order valence-electron chi connectivity index (χ0n) is 14.1. The summed E-state index contributed by atoms with van der Waals surface area (Å²) in [4.78, 5) is 14.2. The van der Waals surface area contributed by atoms with Crippen molar-refractivity contribution in [2.45, 2.75) is 26.0 Å². The summed E-state index contributed by atoms with van der Waals surface area (Å²) in [6.45, 7) is 4.19. The lowest BCUT2D eigenvalue weighted by Crippen LogP contribution is -2.40. The smallest absolute Gasteiger partial charge is 0.260 e. The van der Waals surface area contributed by atoms with Crippen molar-refractivity contribution in [1.82, 2.24) is 10.2 Å². The standard InChI is InChI=1S/C18H24N2O3/c1-13-7-5-8-15(11-13)23-14(2)18(21)19-12-16(20(3)4)17-9-6-10-22-17/h5-11,14,16H,12H2,1-4H3,(H,19,21). The van der Waals surface area contributed by atoms with Gasteiger partial charge in [-0.15, -0.1) is 0 Å². The van der Waals surface area contributed by atoms with Gasteiger partial charge in [-0.1, -0.05) is 12.1 Å². The van der Waals surface area contributed by atoms with Crippen molar-refractivity contribution in [3.8, 4) is 5.75 Å². The molecule has 0 bridgehead atoms. The molecule has 124 valence electrons. The summed E-state index contributed by atoms with van der Waals surface area (Å²) in [5.74, 6) is 1.37. The monoisotopic (exact) mass is 316 g/mol. The van der Waals surface area contributed by atoms with Crippen molar-refractivity contribution in [2.24, 2.45) is 0 Å². The second kappa shape index (κ2) is 7.83. The van der Waals surface area contributed by atoms with Crippen molar-refractivity contribution in [3.05, 3.63) is 54.0 Å².